The Morgan fingerprint density at radius 2 is 1.56 bits per heavy atom. The van der Waals surface area contributed by atoms with Gasteiger partial charge in [-0.1, -0.05) is 60.3 Å². The zero-order chi connectivity index (χ0) is 23.7. The van der Waals surface area contributed by atoms with Crippen LogP contribution in [-0.4, -0.2) is 20.9 Å². The van der Waals surface area contributed by atoms with Gasteiger partial charge in [0.15, 0.2) is 0 Å². The SMILES string of the molecule is O=C(CN1c2ccc(F)cc2-c2ccccc2S1(=O)=O)Nc1ccccc1Sc1ccccc1. The van der Waals surface area contributed by atoms with Crippen LogP contribution in [0.5, 0.6) is 0 Å². The van der Waals surface area contributed by atoms with Crippen LogP contribution in [0.25, 0.3) is 11.1 Å². The number of nitrogens with zero attached hydrogens (tertiary/aromatic N) is 1. The second kappa shape index (κ2) is 8.96. The number of hydrogen-bond acceptors (Lipinski definition) is 4. The lowest BCUT2D eigenvalue weighted by molar-refractivity contribution is -0.114. The summed E-state index contributed by atoms with van der Waals surface area (Å²) < 4.78 is 41.9. The third kappa shape index (κ3) is 4.18. The Balaban J connectivity index is 1.45. The Bertz CT molecular complexity index is 1490. The van der Waals surface area contributed by atoms with Crippen molar-refractivity contribution in [2.45, 2.75) is 14.7 Å². The predicted molar refractivity (Wildman–Crippen MR) is 132 cm³/mol. The molecule has 4 aromatic carbocycles. The van der Waals surface area contributed by atoms with Crippen LogP contribution < -0.4 is 9.62 Å². The van der Waals surface area contributed by atoms with Gasteiger partial charge in [0.25, 0.3) is 10.0 Å². The third-order valence-electron chi connectivity index (χ3n) is 5.39. The van der Waals surface area contributed by atoms with Crippen molar-refractivity contribution < 1.29 is 17.6 Å². The van der Waals surface area contributed by atoms with Crippen molar-refractivity contribution in [2.75, 3.05) is 16.2 Å². The van der Waals surface area contributed by atoms with Crippen molar-refractivity contribution >= 4 is 39.1 Å². The van der Waals surface area contributed by atoms with Crippen molar-refractivity contribution in [3.63, 3.8) is 0 Å². The number of sulfonamides is 1. The minimum atomic E-state index is -4.01. The maximum atomic E-state index is 14.0. The van der Waals surface area contributed by atoms with Gasteiger partial charge < -0.3 is 5.32 Å². The van der Waals surface area contributed by atoms with E-state index < -0.39 is 28.3 Å². The molecule has 5 nitrogen and oxygen atoms in total. The summed E-state index contributed by atoms with van der Waals surface area (Å²) in [6.07, 6.45) is 0. The van der Waals surface area contributed by atoms with Gasteiger partial charge >= 0.3 is 0 Å². The molecule has 5 rings (SSSR count). The molecule has 34 heavy (non-hydrogen) atoms. The molecule has 0 fully saturated rings. The summed E-state index contributed by atoms with van der Waals surface area (Å²) in [6, 6.07) is 27.4. The van der Waals surface area contributed by atoms with Crippen LogP contribution in [-0.2, 0) is 14.8 Å². The quantitative estimate of drug-likeness (QED) is 0.385. The summed E-state index contributed by atoms with van der Waals surface area (Å²) in [5.74, 6) is -0.983. The van der Waals surface area contributed by atoms with E-state index in [0.717, 1.165) is 14.1 Å². The lowest BCUT2D eigenvalue weighted by atomic mass is 10.0. The zero-order valence-corrected chi connectivity index (χ0v) is 19.4. The van der Waals surface area contributed by atoms with E-state index in [1.807, 2.05) is 42.5 Å². The molecule has 1 N–H and O–H groups in total. The third-order valence-corrected chi connectivity index (χ3v) is 8.29. The molecule has 0 bridgehead atoms. The first-order valence-electron chi connectivity index (χ1n) is 10.5. The van der Waals surface area contributed by atoms with Crippen molar-refractivity contribution in [2.24, 2.45) is 0 Å². The molecule has 0 saturated carbocycles. The van der Waals surface area contributed by atoms with Gasteiger partial charge in [-0.05, 0) is 48.5 Å². The van der Waals surface area contributed by atoms with E-state index in [4.69, 9.17) is 0 Å². The number of hydrogen-bond donors (Lipinski definition) is 1. The number of anilines is 2. The molecule has 0 aliphatic carbocycles. The minimum Gasteiger partial charge on any atom is -0.323 e. The molecule has 1 amide bonds. The summed E-state index contributed by atoms with van der Waals surface area (Å²) in [4.78, 5) is 14.9. The molecule has 4 aromatic rings. The van der Waals surface area contributed by atoms with E-state index in [1.54, 1.807) is 30.3 Å². The minimum absolute atomic E-state index is 0.0425. The van der Waals surface area contributed by atoms with Crippen LogP contribution in [0.4, 0.5) is 15.8 Å². The molecule has 8 heteroatoms. The molecule has 170 valence electrons. The van der Waals surface area contributed by atoms with Crippen LogP contribution in [0.1, 0.15) is 0 Å². The maximum absolute atomic E-state index is 14.0. The average Bonchev–Trinajstić information content (AvgIpc) is 2.84. The van der Waals surface area contributed by atoms with Crippen molar-refractivity contribution in [1.29, 1.82) is 0 Å². The molecule has 1 aliphatic heterocycles. The summed E-state index contributed by atoms with van der Waals surface area (Å²) >= 11 is 1.49. The lowest BCUT2D eigenvalue weighted by Gasteiger charge is -2.31. The van der Waals surface area contributed by atoms with Gasteiger partial charge in [-0.2, -0.15) is 0 Å². The number of fused-ring (bicyclic) bond motifs is 3. The molecule has 0 aromatic heterocycles. The molecule has 0 spiro atoms. The predicted octanol–water partition coefficient (Wildman–Crippen LogP) is 5.79. The Labute approximate surface area is 201 Å². The molecular weight excluding hydrogens is 471 g/mol. The van der Waals surface area contributed by atoms with Crippen molar-refractivity contribution in [1.82, 2.24) is 0 Å². The maximum Gasteiger partial charge on any atom is 0.265 e. The molecule has 1 aliphatic rings. The van der Waals surface area contributed by atoms with Gasteiger partial charge in [0.1, 0.15) is 12.4 Å². The number of rotatable bonds is 5. The fourth-order valence-corrected chi connectivity index (χ4v) is 6.44. The van der Waals surface area contributed by atoms with Gasteiger partial charge in [-0.25, -0.2) is 12.8 Å². The highest BCUT2D eigenvalue weighted by Gasteiger charge is 2.36. The first-order chi connectivity index (χ1) is 16.4. The van der Waals surface area contributed by atoms with E-state index in [9.17, 15) is 17.6 Å². The molecule has 0 radical (unpaired) electrons. The second-order valence-electron chi connectivity index (χ2n) is 7.63. The topological polar surface area (TPSA) is 66.5 Å². The molecular formula is C26H19FN2O3S2. The normalized spacial score (nSPS) is 13.6. The monoisotopic (exact) mass is 490 g/mol. The number of para-hydroxylation sites is 1. The van der Waals surface area contributed by atoms with Crippen molar-refractivity contribution in [3.8, 4) is 11.1 Å². The van der Waals surface area contributed by atoms with Crippen LogP contribution >= 0.6 is 11.8 Å². The first kappa shape index (κ1) is 22.2. The number of carbonyl (C=O) groups excluding carboxylic acids is 1. The molecule has 0 atom stereocenters. The van der Waals surface area contributed by atoms with Gasteiger partial charge in [-0.3, -0.25) is 9.10 Å². The highest BCUT2D eigenvalue weighted by Crippen LogP contribution is 2.43. The van der Waals surface area contributed by atoms with E-state index in [1.165, 1.54) is 36.0 Å². The Morgan fingerprint density at radius 1 is 0.853 bits per heavy atom. The average molecular weight is 491 g/mol. The van der Waals surface area contributed by atoms with Crippen LogP contribution in [0.3, 0.4) is 0 Å². The first-order valence-corrected chi connectivity index (χ1v) is 12.7. The van der Waals surface area contributed by atoms with E-state index in [0.29, 0.717) is 16.8 Å². The summed E-state index contributed by atoms with van der Waals surface area (Å²) in [5.41, 5.74) is 1.69. The molecule has 1 heterocycles. The van der Waals surface area contributed by atoms with Crippen LogP contribution in [0, 0.1) is 5.82 Å². The van der Waals surface area contributed by atoms with E-state index >= 15 is 0 Å². The van der Waals surface area contributed by atoms with Gasteiger partial charge in [-0.15, -0.1) is 0 Å². The summed E-state index contributed by atoms with van der Waals surface area (Å²) in [5, 5.41) is 2.84. The zero-order valence-electron chi connectivity index (χ0n) is 17.8. The summed E-state index contributed by atoms with van der Waals surface area (Å²) in [6.45, 7) is -0.445. The van der Waals surface area contributed by atoms with Crippen LogP contribution in [0.2, 0.25) is 0 Å². The fraction of sp³-hybridized carbons (Fsp3) is 0.0385. The number of amides is 1. The highest BCUT2D eigenvalue weighted by atomic mass is 32.2. The second-order valence-corrected chi connectivity index (χ2v) is 10.6. The lowest BCUT2D eigenvalue weighted by Crippen LogP contribution is -2.40. The Hall–Kier alpha value is -3.62. The molecule has 0 unspecified atom stereocenters. The van der Waals surface area contributed by atoms with Crippen LogP contribution in [0.15, 0.2) is 112 Å². The van der Waals surface area contributed by atoms with Gasteiger partial charge in [0.2, 0.25) is 5.91 Å². The number of nitrogens with one attached hydrogen (secondary N) is 1. The number of carbonyl (C=O) groups is 1. The smallest absolute Gasteiger partial charge is 0.265 e. The standard InChI is InChI=1S/C26H19FN2O3S2/c27-18-14-15-23-21(16-18)20-10-4-7-13-25(20)34(31,32)29(23)17-26(30)28-22-11-5-6-12-24(22)33-19-8-2-1-3-9-19/h1-16H,17H2,(H,28,30). The van der Waals surface area contributed by atoms with E-state index in [-0.39, 0.29) is 10.6 Å². The Morgan fingerprint density at radius 3 is 2.38 bits per heavy atom. The van der Waals surface area contributed by atoms with Crippen molar-refractivity contribution in [3.05, 3.63) is 103 Å². The fourth-order valence-electron chi connectivity index (χ4n) is 3.87. The largest absolute Gasteiger partial charge is 0.323 e. The summed E-state index contributed by atoms with van der Waals surface area (Å²) in [7, 11) is -4.01. The Kier molecular flexibility index (Phi) is 5.85. The molecule has 0 saturated heterocycles. The van der Waals surface area contributed by atoms with Gasteiger partial charge in [0, 0.05) is 20.9 Å². The van der Waals surface area contributed by atoms with E-state index in [2.05, 4.69) is 5.32 Å². The van der Waals surface area contributed by atoms with Gasteiger partial charge in [0.05, 0.1) is 16.3 Å². The number of benzene rings is 4. The highest BCUT2D eigenvalue weighted by molar-refractivity contribution is 7.99. The number of halogens is 1.